The number of rotatable bonds is 9. The van der Waals surface area contributed by atoms with Crippen LogP contribution in [0.15, 0.2) is 47.1 Å². The predicted octanol–water partition coefficient (Wildman–Crippen LogP) is 4.90. The number of amides is 1. The standard InChI is InChI=1S/C26H32N2O4/c1-7-31-25-18(3)26-22(23(16-32-26)19-8-10-20(30-6)11-9-19)15-21(25)17(2)14-24(29)27-12-13-28(4)5/h8-11,14-16H,7,12-13H2,1-6H3,(H,27,29)/b17-14+. The van der Waals surface area contributed by atoms with Crippen molar-refractivity contribution in [1.29, 1.82) is 0 Å². The lowest BCUT2D eigenvalue weighted by Gasteiger charge is -2.15. The van der Waals surface area contributed by atoms with Gasteiger partial charge in [-0.25, -0.2) is 0 Å². The molecule has 0 aliphatic heterocycles. The van der Waals surface area contributed by atoms with E-state index in [4.69, 9.17) is 13.9 Å². The first kappa shape index (κ1) is 23.4. The third-order valence-corrected chi connectivity index (χ3v) is 5.36. The number of furan rings is 1. The molecule has 0 unspecified atom stereocenters. The summed E-state index contributed by atoms with van der Waals surface area (Å²) in [6, 6.07) is 9.93. The Balaban J connectivity index is 2.04. The Morgan fingerprint density at radius 3 is 2.56 bits per heavy atom. The van der Waals surface area contributed by atoms with Crippen LogP contribution in [0, 0.1) is 6.92 Å². The van der Waals surface area contributed by atoms with Crippen LogP contribution < -0.4 is 14.8 Å². The lowest BCUT2D eigenvalue weighted by Crippen LogP contribution is -2.30. The highest BCUT2D eigenvalue weighted by molar-refractivity contribution is 6.01. The highest BCUT2D eigenvalue weighted by atomic mass is 16.5. The second-order valence-electron chi connectivity index (χ2n) is 7.99. The van der Waals surface area contributed by atoms with E-state index in [1.807, 2.05) is 64.0 Å². The summed E-state index contributed by atoms with van der Waals surface area (Å²) < 4.78 is 17.2. The molecule has 0 saturated carbocycles. The molecule has 0 bridgehead atoms. The summed E-state index contributed by atoms with van der Waals surface area (Å²) in [6.45, 7) is 7.77. The molecule has 0 spiro atoms. The Hall–Kier alpha value is -3.25. The minimum atomic E-state index is -0.118. The van der Waals surface area contributed by atoms with E-state index in [0.29, 0.717) is 13.2 Å². The zero-order valence-corrected chi connectivity index (χ0v) is 19.7. The smallest absolute Gasteiger partial charge is 0.244 e. The first-order valence-electron chi connectivity index (χ1n) is 10.8. The van der Waals surface area contributed by atoms with Gasteiger partial charge in [-0.2, -0.15) is 0 Å². The number of likely N-dealkylation sites (N-methyl/N-ethyl adjacent to an activating group) is 1. The Morgan fingerprint density at radius 1 is 1.22 bits per heavy atom. The van der Waals surface area contributed by atoms with Crippen LogP contribution in [0.1, 0.15) is 25.0 Å². The number of carbonyl (C=O) groups is 1. The van der Waals surface area contributed by atoms with Crippen LogP contribution in [0.3, 0.4) is 0 Å². The zero-order valence-electron chi connectivity index (χ0n) is 19.7. The minimum Gasteiger partial charge on any atom is -0.497 e. The molecule has 0 atom stereocenters. The van der Waals surface area contributed by atoms with Crippen LogP contribution in [0.4, 0.5) is 0 Å². The van der Waals surface area contributed by atoms with Gasteiger partial charge in [-0.15, -0.1) is 0 Å². The van der Waals surface area contributed by atoms with Crippen LogP contribution >= 0.6 is 0 Å². The number of allylic oxidation sites excluding steroid dienone is 1. The maximum absolute atomic E-state index is 12.4. The molecule has 0 aliphatic rings. The van der Waals surface area contributed by atoms with Crippen molar-refractivity contribution in [1.82, 2.24) is 10.2 Å². The maximum Gasteiger partial charge on any atom is 0.244 e. The molecule has 1 heterocycles. The number of carbonyl (C=O) groups excluding carboxylic acids is 1. The predicted molar refractivity (Wildman–Crippen MR) is 129 cm³/mol. The molecule has 1 amide bonds. The molecule has 6 nitrogen and oxygen atoms in total. The number of hydrogen-bond acceptors (Lipinski definition) is 5. The molecule has 2 aromatic carbocycles. The van der Waals surface area contributed by atoms with Crippen LogP contribution in [0.5, 0.6) is 11.5 Å². The number of fused-ring (bicyclic) bond motifs is 1. The van der Waals surface area contributed by atoms with Crippen LogP contribution in [0.2, 0.25) is 0 Å². The van der Waals surface area contributed by atoms with Gasteiger partial charge in [0, 0.05) is 41.2 Å². The number of aryl methyl sites for hydroxylation is 1. The summed E-state index contributed by atoms with van der Waals surface area (Å²) >= 11 is 0. The fourth-order valence-electron chi connectivity index (χ4n) is 3.66. The highest BCUT2D eigenvalue weighted by Gasteiger charge is 2.19. The molecule has 32 heavy (non-hydrogen) atoms. The number of nitrogens with one attached hydrogen (secondary N) is 1. The van der Waals surface area contributed by atoms with E-state index in [1.165, 1.54) is 0 Å². The molecule has 170 valence electrons. The van der Waals surface area contributed by atoms with Crippen LogP contribution in [-0.2, 0) is 4.79 Å². The second-order valence-corrected chi connectivity index (χ2v) is 7.99. The lowest BCUT2D eigenvalue weighted by molar-refractivity contribution is -0.116. The monoisotopic (exact) mass is 436 g/mol. The Bertz CT molecular complexity index is 1110. The number of hydrogen-bond donors (Lipinski definition) is 1. The maximum atomic E-state index is 12.4. The number of ether oxygens (including phenoxy) is 2. The highest BCUT2D eigenvalue weighted by Crippen LogP contribution is 2.41. The normalized spacial score (nSPS) is 11.8. The van der Waals surface area contributed by atoms with Crippen molar-refractivity contribution < 1.29 is 18.7 Å². The summed E-state index contributed by atoms with van der Waals surface area (Å²) in [7, 11) is 5.61. The first-order chi connectivity index (χ1) is 15.3. The molecule has 1 aromatic heterocycles. The van der Waals surface area contributed by atoms with Crippen molar-refractivity contribution in [3.63, 3.8) is 0 Å². The molecular formula is C26H32N2O4. The van der Waals surface area contributed by atoms with E-state index < -0.39 is 0 Å². The van der Waals surface area contributed by atoms with Crippen molar-refractivity contribution in [3.05, 3.63) is 53.8 Å². The van der Waals surface area contributed by atoms with Crippen molar-refractivity contribution in [2.24, 2.45) is 0 Å². The van der Waals surface area contributed by atoms with Gasteiger partial charge in [-0.05, 0) is 64.2 Å². The molecule has 1 N–H and O–H groups in total. The van der Waals surface area contributed by atoms with Gasteiger partial charge in [0.05, 0.1) is 20.0 Å². The number of methoxy groups -OCH3 is 1. The summed E-state index contributed by atoms with van der Waals surface area (Å²) in [4.78, 5) is 14.5. The minimum absolute atomic E-state index is 0.118. The molecule has 6 heteroatoms. The number of benzene rings is 2. The summed E-state index contributed by atoms with van der Waals surface area (Å²) in [5.41, 5.74) is 5.44. The third-order valence-electron chi connectivity index (χ3n) is 5.36. The van der Waals surface area contributed by atoms with E-state index in [1.54, 1.807) is 19.4 Å². The summed E-state index contributed by atoms with van der Waals surface area (Å²) in [5.74, 6) is 1.42. The molecule has 0 aliphatic carbocycles. The van der Waals surface area contributed by atoms with E-state index in [0.717, 1.165) is 56.8 Å². The van der Waals surface area contributed by atoms with Gasteiger partial charge in [0.2, 0.25) is 5.91 Å². The van der Waals surface area contributed by atoms with Gasteiger partial charge in [0.25, 0.3) is 0 Å². The van der Waals surface area contributed by atoms with Crippen molar-refractivity contribution in [2.75, 3.05) is 40.9 Å². The van der Waals surface area contributed by atoms with E-state index in [-0.39, 0.29) is 5.91 Å². The van der Waals surface area contributed by atoms with Gasteiger partial charge in [0.15, 0.2) is 0 Å². The fourth-order valence-corrected chi connectivity index (χ4v) is 3.66. The van der Waals surface area contributed by atoms with E-state index in [2.05, 4.69) is 11.4 Å². The zero-order chi connectivity index (χ0) is 23.3. The quantitative estimate of drug-likeness (QED) is 0.484. The molecule has 0 fully saturated rings. The fraction of sp³-hybridized carbons (Fsp3) is 0.346. The van der Waals surface area contributed by atoms with Crippen LogP contribution in [-0.4, -0.2) is 51.7 Å². The van der Waals surface area contributed by atoms with Crippen molar-refractivity contribution in [2.45, 2.75) is 20.8 Å². The first-order valence-corrected chi connectivity index (χ1v) is 10.8. The van der Waals surface area contributed by atoms with Gasteiger partial charge < -0.3 is 24.1 Å². The molecule has 3 aromatic rings. The van der Waals surface area contributed by atoms with E-state index in [9.17, 15) is 4.79 Å². The largest absolute Gasteiger partial charge is 0.497 e. The summed E-state index contributed by atoms with van der Waals surface area (Å²) in [6.07, 6.45) is 3.40. The van der Waals surface area contributed by atoms with Crippen LogP contribution in [0.25, 0.3) is 27.7 Å². The average Bonchev–Trinajstić information content (AvgIpc) is 3.19. The number of nitrogens with zero attached hydrogens (tertiary/aromatic N) is 1. The van der Waals surface area contributed by atoms with Crippen molar-refractivity contribution >= 4 is 22.4 Å². The van der Waals surface area contributed by atoms with Gasteiger partial charge in [0.1, 0.15) is 17.1 Å². The lowest BCUT2D eigenvalue weighted by atomic mass is 9.96. The summed E-state index contributed by atoms with van der Waals surface area (Å²) in [5, 5.41) is 3.91. The Morgan fingerprint density at radius 2 is 1.94 bits per heavy atom. The second kappa shape index (κ2) is 10.4. The molecular weight excluding hydrogens is 404 g/mol. The van der Waals surface area contributed by atoms with Gasteiger partial charge in [-0.1, -0.05) is 12.1 Å². The Kier molecular flexibility index (Phi) is 7.59. The molecule has 0 radical (unpaired) electrons. The van der Waals surface area contributed by atoms with Crippen molar-refractivity contribution in [3.8, 4) is 22.6 Å². The molecule has 3 rings (SSSR count). The third kappa shape index (κ3) is 5.14. The molecule has 0 saturated heterocycles. The van der Waals surface area contributed by atoms with E-state index >= 15 is 0 Å². The average molecular weight is 437 g/mol. The Labute approximate surface area is 189 Å². The topological polar surface area (TPSA) is 63.9 Å². The SMILES string of the molecule is CCOc1c(/C(C)=C/C(=O)NCCN(C)C)cc2c(-c3ccc(OC)cc3)coc2c1C. The van der Waals surface area contributed by atoms with Gasteiger partial charge in [-0.3, -0.25) is 4.79 Å². The van der Waals surface area contributed by atoms with Gasteiger partial charge >= 0.3 is 0 Å².